The highest BCUT2D eigenvalue weighted by Crippen LogP contribution is 2.39. The minimum atomic E-state index is -1.05. The number of hydrogen-bond donors (Lipinski definition) is 1. The third kappa shape index (κ3) is 4.20. The van der Waals surface area contributed by atoms with Crippen molar-refractivity contribution in [1.29, 1.82) is 0 Å². The summed E-state index contributed by atoms with van der Waals surface area (Å²) in [7, 11) is 1.54. The van der Waals surface area contributed by atoms with E-state index in [4.69, 9.17) is 4.74 Å². The van der Waals surface area contributed by atoms with Crippen molar-refractivity contribution in [3.63, 3.8) is 0 Å². The van der Waals surface area contributed by atoms with E-state index in [0.29, 0.717) is 36.0 Å². The van der Waals surface area contributed by atoms with Crippen LogP contribution in [-0.4, -0.2) is 12.2 Å². The van der Waals surface area contributed by atoms with Gasteiger partial charge in [0.05, 0.1) is 12.7 Å². The summed E-state index contributed by atoms with van der Waals surface area (Å²) in [5, 5.41) is 11.0. The average molecular weight is 268 g/mol. The van der Waals surface area contributed by atoms with Crippen molar-refractivity contribution >= 4 is 0 Å². The van der Waals surface area contributed by atoms with Gasteiger partial charge in [-0.25, -0.2) is 4.39 Å². The fourth-order valence-corrected chi connectivity index (χ4v) is 2.70. The lowest BCUT2D eigenvalue weighted by Gasteiger charge is -2.33. The van der Waals surface area contributed by atoms with Crippen molar-refractivity contribution in [2.75, 3.05) is 7.11 Å². The Morgan fingerprint density at radius 3 is 2.11 bits per heavy atom. The molecule has 0 radical (unpaired) electrons. The van der Waals surface area contributed by atoms with Gasteiger partial charge in [-0.05, 0) is 42.9 Å². The largest absolute Gasteiger partial charge is 0.496 e. The van der Waals surface area contributed by atoms with Gasteiger partial charge in [0.25, 0.3) is 0 Å². The zero-order chi connectivity index (χ0) is 14.6. The summed E-state index contributed by atoms with van der Waals surface area (Å²) in [5.74, 6) is 0.834. The Hall–Kier alpha value is -1.09. The number of aliphatic hydroxyl groups is 1. The van der Waals surface area contributed by atoms with Crippen LogP contribution in [0.25, 0.3) is 0 Å². The molecule has 3 heteroatoms. The Balaban J connectivity index is 3.26. The molecule has 1 rings (SSSR count). The molecule has 1 aromatic rings. The smallest absolute Gasteiger partial charge is 0.125 e. The molecule has 2 nitrogen and oxygen atoms in total. The molecule has 0 aromatic heterocycles. The number of benzene rings is 1. The quantitative estimate of drug-likeness (QED) is 0.841. The molecule has 0 fully saturated rings. The van der Waals surface area contributed by atoms with Gasteiger partial charge in [0, 0.05) is 5.56 Å². The van der Waals surface area contributed by atoms with E-state index in [1.54, 1.807) is 13.2 Å². The van der Waals surface area contributed by atoms with Crippen LogP contribution in [0, 0.1) is 17.7 Å². The third-order valence-corrected chi connectivity index (χ3v) is 3.15. The molecule has 1 N–H and O–H groups in total. The Bertz CT molecular complexity index is 403. The first-order chi connectivity index (χ1) is 8.78. The molecule has 0 heterocycles. The monoisotopic (exact) mass is 268 g/mol. The molecule has 0 aliphatic carbocycles. The van der Waals surface area contributed by atoms with E-state index in [9.17, 15) is 9.50 Å². The van der Waals surface area contributed by atoms with Crippen molar-refractivity contribution in [2.45, 2.75) is 46.1 Å². The highest BCUT2D eigenvalue weighted by Gasteiger charge is 2.34. The highest BCUT2D eigenvalue weighted by molar-refractivity contribution is 5.38. The Morgan fingerprint density at radius 1 is 1.16 bits per heavy atom. The highest BCUT2D eigenvalue weighted by atomic mass is 19.1. The fourth-order valence-electron chi connectivity index (χ4n) is 2.70. The van der Waals surface area contributed by atoms with Crippen molar-refractivity contribution in [2.24, 2.45) is 11.8 Å². The van der Waals surface area contributed by atoms with Crippen LogP contribution < -0.4 is 4.74 Å². The molecular weight excluding hydrogens is 243 g/mol. The summed E-state index contributed by atoms with van der Waals surface area (Å²) in [4.78, 5) is 0. The van der Waals surface area contributed by atoms with Crippen molar-refractivity contribution < 1.29 is 14.2 Å². The molecule has 0 saturated carbocycles. The summed E-state index contributed by atoms with van der Waals surface area (Å²) in [5.41, 5.74) is -0.493. The first-order valence-electron chi connectivity index (χ1n) is 6.85. The Kier molecular flexibility index (Phi) is 5.36. The lowest BCUT2D eigenvalue weighted by atomic mass is 9.79. The van der Waals surface area contributed by atoms with Gasteiger partial charge in [0.1, 0.15) is 11.6 Å². The van der Waals surface area contributed by atoms with Crippen LogP contribution in [0.3, 0.4) is 0 Å². The number of methoxy groups -OCH3 is 1. The number of ether oxygens (including phenoxy) is 1. The van der Waals surface area contributed by atoms with Crippen molar-refractivity contribution in [1.82, 2.24) is 0 Å². The zero-order valence-corrected chi connectivity index (χ0v) is 12.5. The SMILES string of the molecule is COc1ccc(F)cc1C(O)(CC(C)C)CC(C)C. The molecule has 0 spiro atoms. The summed E-state index contributed by atoms with van der Waals surface area (Å²) >= 11 is 0. The van der Waals surface area contributed by atoms with Crippen LogP contribution in [0.15, 0.2) is 18.2 Å². The standard InChI is InChI=1S/C16H25FO2/c1-11(2)9-16(18,10-12(3)4)14-8-13(17)6-7-15(14)19-5/h6-8,11-12,18H,9-10H2,1-5H3. The van der Waals surface area contributed by atoms with E-state index in [-0.39, 0.29) is 5.82 Å². The van der Waals surface area contributed by atoms with E-state index in [2.05, 4.69) is 27.7 Å². The average Bonchev–Trinajstić information content (AvgIpc) is 2.26. The maximum absolute atomic E-state index is 13.5. The lowest BCUT2D eigenvalue weighted by molar-refractivity contribution is -0.00665. The third-order valence-electron chi connectivity index (χ3n) is 3.15. The van der Waals surface area contributed by atoms with Crippen LogP contribution in [0.4, 0.5) is 4.39 Å². The number of halogens is 1. The molecule has 0 amide bonds. The Labute approximate surface area is 115 Å². The van der Waals surface area contributed by atoms with Crippen LogP contribution >= 0.6 is 0 Å². The predicted molar refractivity (Wildman–Crippen MR) is 75.8 cm³/mol. The molecule has 19 heavy (non-hydrogen) atoms. The molecule has 0 bridgehead atoms. The lowest BCUT2D eigenvalue weighted by Crippen LogP contribution is -2.30. The van der Waals surface area contributed by atoms with Crippen LogP contribution in [0.5, 0.6) is 5.75 Å². The topological polar surface area (TPSA) is 29.5 Å². The first-order valence-corrected chi connectivity index (χ1v) is 6.85. The minimum absolute atomic E-state index is 0.316. The molecule has 0 saturated heterocycles. The summed E-state index contributed by atoms with van der Waals surface area (Å²) in [6, 6.07) is 4.33. The molecule has 0 aliphatic heterocycles. The van der Waals surface area contributed by atoms with Crippen LogP contribution in [0.2, 0.25) is 0 Å². The second kappa shape index (κ2) is 6.38. The van der Waals surface area contributed by atoms with Gasteiger partial charge < -0.3 is 9.84 Å². The molecule has 1 aromatic carbocycles. The van der Waals surface area contributed by atoms with Gasteiger partial charge in [0.15, 0.2) is 0 Å². The van der Waals surface area contributed by atoms with Gasteiger partial charge >= 0.3 is 0 Å². The maximum Gasteiger partial charge on any atom is 0.125 e. The normalized spacial score (nSPS) is 12.3. The number of rotatable bonds is 6. The van der Waals surface area contributed by atoms with Gasteiger partial charge in [-0.15, -0.1) is 0 Å². The van der Waals surface area contributed by atoms with Gasteiger partial charge in [-0.3, -0.25) is 0 Å². The molecule has 0 aliphatic rings. The van der Waals surface area contributed by atoms with Gasteiger partial charge in [0.2, 0.25) is 0 Å². The van der Waals surface area contributed by atoms with Gasteiger partial charge in [-0.1, -0.05) is 27.7 Å². The fraction of sp³-hybridized carbons (Fsp3) is 0.625. The summed E-state index contributed by atoms with van der Waals surface area (Å²) in [6.45, 7) is 8.21. The molecular formula is C16H25FO2. The van der Waals surface area contributed by atoms with Gasteiger partial charge in [-0.2, -0.15) is 0 Å². The van der Waals surface area contributed by atoms with E-state index in [1.807, 2.05) is 0 Å². The molecule has 0 unspecified atom stereocenters. The first kappa shape index (κ1) is 16.0. The Morgan fingerprint density at radius 2 is 1.68 bits per heavy atom. The predicted octanol–water partition coefficient (Wildman–Crippen LogP) is 4.11. The summed E-state index contributed by atoms with van der Waals surface area (Å²) < 4.78 is 18.8. The van der Waals surface area contributed by atoms with Crippen LogP contribution in [0.1, 0.15) is 46.1 Å². The second-order valence-corrected chi connectivity index (χ2v) is 6.07. The zero-order valence-electron chi connectivity index (χ0n) is 12.5. The van der Waals surface area contributed by atoms with E-state index in [1.165, 1.54) is 12.1 Å². The molecule has 108 valence electrons. The maximum atomic E-state index is 13.5. The molecule has 0 atom stereocenters. The second-order valence-electron chi connectivity index (χ2n) is 6.07. The van der Waals surface area contributed by atoms with E-state index >= 15 is 0 Å². The van der Waals surface area contributed by atoms with E-state index < -0.39 is 5.60 Å². The summed E-state index contributed by atoms with van der Waals surface area (Å²) in [6.07, 6.45) is 1.18. The number of hydrogen-bond acceptors (Lipinski definition) is 2. The van der Waals surface area contributed by atoms with Crippen LogP contribution in [-0.2, 0) is 5.60 Å². The van der Waals surface area contributed by atoms with E-state index in [0.717, 1.165) is 0 Å². The minimum Gasteiger partial charge on any atom is -0.496 e. The van der Waals surface area contributed by atoms with Crippen molar-refractivity contribution in [3.05, 3.63) is 29.6 Å². The van der Waals surface area contributed by atoms with Crippen molar-refractivity contribution in [3.8, 4) is 5.75 Å².